The van der Waals surface area contributed by atoms with Crippen LogP contribution in [0.25, 0.3) is 0 Å². The molecule has 0 heterocycles. The molecule has 20 heavy (non-hydrogen) atoms. The van der Waals surface area contributed by atoms with E-state index in [4.69, 9.17) is 9.47 Å². The number of carbonyl (C=O) groups is 1. The Balaban J connectivity index is 3.16. The van der Waals surface area contributed by atoms with E-state index in [1.54, 1.807) is 6.07 Å². The Labute approximate surface area is 119 Å². The molecule has 0 atom stereocenters. The minimum Gasteiger partial charge on any atom is -0.496 e. The maximum atomic E-state index is 11.7. The summed E-state index contributed by atoms with van der Waals surface area (Å²) in [6.07, 6.45) is 1.63. The normalized spacial score (nSPS) is 11.0. The van der Waals surface area contributed by atoms with Crippen molar-refractivity contribution in [3.63, 3.8) is 0 Å². The Bertz CT molecular complexity index is 595. The first kappa shape index (κ1) is 16.3. The van der Waals surface area contributed by atoms with Gasteiger partial charge in [0.25, 0.3) is 0 Å². The summed E-state index contributed by atoms with van der Waals surface area (Å²) in [5.41, 5.74) is 0.769. The van der Waals surface area contributed by atoms with Gasteiger partial charge in [0.05, 0.1) is 14.2 Å². The van der Waals surface area contributed by atoms with E-state index in [0.29, 0.717) is 18.7 Å². The van der Waals surface area contributed by atoms with E-state index in [9.17, 15) is 13.2 Å². The number of hydrogen-bond acceptors (Lipinski definition) is 5. The Morgan fingerprint density at radius 3 is 2.25 bits per heavy atom. The number of nitrogens with one attached hydrogen (secondary N) is 1. The average molecular weight is 301 g/mol. The van der Waals surface area contributed by atoms with E-state index in [-0.39, 0.29) is 16.6 Å². The second kappa shape index (κ2) is 6.60. The maximum absolute atomic E-state index is 11.7. The van der Waals surface area contributed by atoms with Crippen LogP contribution in [0.3, 0.4) is 0 Å². The molecule has 0 radical (unpaired) electrons. The van der Waals surface area contributed by atoms with Crippen LogP contribution in [0.2, 0.25) is 0 Å². The van der Waals surface area contributed by atoms with E-state index >= 15 is 0 Å². The van der Waals surface area contributed by atoms with E-state index < -0.39 is 9.84 Å². The molecule has 0 aromatic heterocycles. The van der Waals surface area contributed by atoms with Gasteiger partial charge in [-0.3, -0.25) is 4.79 Å². The zero-order valence-corrected chi connectivity index (χ0v) is 12.8. The molecule has 0 bridgehead atoms. The van der Waals surface area contributed by atoms with Gasteiger partial charge < -0.3 is 14.8 Å². The first-order chi connectivity index (χ1) is 9.29. The summed E-state index contributed by atoms with van der Waals surface area (Å²) >= 11 is 0. The van der Waals surface area contributed by atoms with Gasteiger partial charge in [0.1, 0.15) is 16.4 Å². The SMILES string of the molecule is COc1cc(S(C)(=O)=O)c(OC)cc1CCNC(C)=O. The minimum absolute atomic E-state index is 0.0835. The Morgan fingerprint density at radius 1 is 1.20 bits per heavy atom. The van der Waals surface area contributed by atoms with Crippen LogP contribution in [0.15, 0.2) is 17.0 Å². The van der Waals surface area contributed by atoms with Gasteiger partial charge in [0.2, 0.25) is 5.91 Å². The van der Waals surface area contributed by atoms with Gasteiger partial charge >= 0.3 is 0 Å². The van der Waals surface area contributed by atoms with Crippen LogP contribution in [0, 0.1) is 0 Å². The van der Waals surface area contributed by atoms with Crippen LogP contribution < -0.4 is 14.8 Å². The van der Waals surface area contributed by atoms with Crippen LogP contribution in [0.5, 0.6) is 11.5 Å². The van der Waals surface area contributed by atoms with Gasteiger partial charge in [-0.2, -0.15) is 0 Å². The molecular formula is C13H19NO5S. The molecule has 0 fully saturated rings. The molecule has 1 aromatic carbocycles. The molecule has 1 aromatic rings. The first-order valence-electron chi connectivity index (χ1n) is 5.99. The molecule has 0 saturated heterocycles. The summed E-state index contributed by atoms with van der Waals surface area (Å²) in [4.78, 5) is 10.9. The van der Waals surface area contributed by atoms with Crippen molar-refractivity contribution in [2.45, 2.75) is 18.2 Å². The zero-order valence-electron chi connectivity index (χ0n) is 12.0. The number of ether oxygens (including phenoxy) is 2. The van der Waals surface area contributed by atoms with Crippen LogP contribution in [0.1, 0.15) is 12.5 Å². The fourth-order valence-corrected chi connectivity index (χ4v) is 2.62. The number of sulfone groups is 1. The lowest BCUT2D eigenvalue weighted by Crippen LogP contribution is -2.22. The molecule has 1 rings (SSSR count). The van der Waals surface area contributed by atoms with Crippen molar-refractivity contribution in [3.8, 4) is 11.5 Å². The van der Waals surface area contributed by atoms with Crippen molar-refractivity contribution in [3.05, 3.63) is 17.7 Å². The monoisotopic (exact) mass is 301 g/mol. The molecule has 6 nitrogen and oxygen atoms in total. The quantitative estimate of drug-likeness (QED) is 0.840. The molecule has 0 saturated carbocycles. The fourth-order valence-electron chi connectivity index (χ4n) is 1.79. The molecule has 0 aliphatic carbocycles. The minimum atomic E-state index is -3.40. The largest absolute Gasteiger partial charge is 0.496 e. The molecule has 0 spiro atoms. The Kier molecular flexibility index (Phi) is 5.38. The van der Waals surface area contributed by atoms with Gasteiger partial charge in [0, 0.05) is 25.8 Å². The third-order valence-corrected chi connectivity index (χ3v) is 3.85. The van der Waals surface area contributed by atoms with E-state index in [2.05, 4.69) is 5.32 Å². The summed E-state index contributed by atoms with van der Waals surface area (Å²) in [5, 5.41) is 2.67. The molecule has 112 valence electrons. The smallest absolute Gasteiger partial charge is 0.216 e. The van der Waals surface area contributed by atoms with Crippen LogP contribution in [-0.4, -0.2) is 41.3 Å². The van der Waals surface area contributed by atoms with Gasteiger partial charge in [-0.25, -0.2) is 8.42 Å². The predicted octanol–water partition coefficient (Wildman–Crippen LogP) is 0.786. The number of methoxy groups -OCH3 is 2. The average Bonchev–Trinajstić information content (AvgIpc) is 2.36. The van der Waals surface area contributed by atoms with Crippen molar-refractivity contribution in [2.75, 3.05) is 27.0 Å². The lowest BCUT2D eigenvalue weighted by atomic mass is 10.1. The van der Waals surface area contributed by atoms with E-state index in [1.165, 1.54) is 27.2 Å². The zero-order chi connectivity index (χ0) is 15.3. The molecular weight excluding hydrogens is 282 g/mol. The second-order valence-electron chi connectivity index (χ2n) is 4.32. The molecule has 1 amide bonds. The number of hydrogen-bond donors (Lipinski definition) is 1. The highest BCUT2D eigenvalue weighted by molar-refractivity contribution is 7.90. The number of benzene rings is 1. The van der Waals surface area contributed by atoms with Crippen molar-refractivity contribution >= 4 is 15.7 Å². The van der Waals surface area contributed by atoms with Crippen LogP contribution in [-0.2, 0) is 21.1 Å². The van der Waals surface area contributed by atoms with Crippen LogP contribution >= 0.6 is 0 Å². The topological polar surface area (TPSA) is 81.7 Å². The summed E-state index contributed by atoms with van der Waals surface area (Å²) in [6.45, 7) is 1.87. The maximum Gasteiger partial charge on any atom is 0.216 e. The summed E-state index contributed by atoms with van der Waals surface area (Å²) in [6, 6.07) is 3.06. The van der Waals surface area contributed by atoms with Crippen molar-refractivity contribution in [1.82, 2.24) is 5.32 Å². The number of amides is 1. The van der Waals surface area contributed by atoms with E-state index in [1.807, 2.05) is 0 Å². The first-order valence-corrected chi connectivity index (χ1v) is 7.88. The van der Waals surface area contributed by atoms with Crippen molar-refractivity contribution in [2.24, 2.45) is 0 Å². The Hall–Kier alpha value is -1.76. The molecule has 0 aliphatic heterocycles. The lowest BCUT2D eigenvalue weighted by molar-refractivity contribution is -0.118. The summed E-state index contributed by atoms with van der Waals surface area (Å²) < 4.78 is 33.7. The third kappa shape index (κ3) is 4.12. The van der Waals surface area contributed by atoms with Gasteiger partial charge in [0.15, 0.2) is 9.84 Å². The second-order valence-corrected chi connectivity index (χ2v) is 6.30. The van der Waals surface area contributed by atoms with E-state index in [0.717, 1.165) is 11.8 Å². The standard InChI is InChI=1S/C13H19NO5S/c1-9(15)14-6-5-10-7-12(19-3)13(20(4,16)17)8-11(10)18-2/h7-8H,5-6H2,1-4H3,(H,14,15). The third-order valence-electron chi connectivity index (χ3n) is 2.73. The van der Waals surface area contributed by atoms with Crippen LogP contribution in [0.4, 0.5) is 0 Å². The highest BCUT2D eigenvalue weighted by atomic mass is 32.2. The summed E-state index contributed by atoms with van der Waals surface area (Å²) in [7, 11) is -0.525. The highest BCUT2D eigenvalue weighted by Crippen LogP contribution is 2.32. The van der Waals surface area contributed by atoms with Gasteiger partial charge in [-0.1, -0.05) is 0 Å². The molecule has 7 heteroatoms. The van der Waals surface area contributed by atoms with Crippen molar-refractivity contribution in [1.29, 1.82) is 0 Å². The highest BCUT2D eigenvalue weighted by Gasteiger charge is 2.18. The molecule has 1 N–H and O–H groups in total. The summed E-state index contributed by atoms with van der Waals surface area (Å²) in [5.74, 6) is 0.603. The van der Waals surface area contributed by atoms with Gasteiger partial charge in [-0.15, -0.1) is 0 Å². The number of carbonyl (C=O) groups excluding carboxylic acids is 1. The number of rotatable bonds is 6. The molecule has 0 aliphatic rings. The van der Waals surface area contributed by atoms with Crippen molar-refractivity contribution < 1.29 is 22.7 Å². The predicted molar refractivity (Wildman–Crippen MR) is 75.0 cm³/mol. The Morgan fingerprint density at radius 2 is 1.80 bits per heavy atom. The molecule has 0 unspecified atom stereocenters. The van der Waals surface area contributed by atoms with Gasteiger partial charge in [-0.05, 0) is 18.1 Å². The fraction of sp³-hybridized carbons (Fsp3) is 0.462. The lowest BCUT2D eigenvalue weighted by Gasteiger charge is -2.14.